The summed E-state index contributed by atoms with van der Waals surface area (Å²) in [6, 6.07) is 3.56. The van der Waals surface area contributed by atoms with Gasteiger partial charge in [0.1, 0.15) is 5.82 Å². The minimum absolute atomic E-state index is 0. The zero-order valence-electron chi connectivity index (χ0n) is 9.67. The highest BCUT2D eigenvalue weighted by molar-refractivity contribution is 5.85. The lowest BCUT2D eigenvalue weighted by Gasteiger charge is -2.26. The lowest BCUT2D eigenvalue weighted by Crippen LogP contribution is -2.35. The van der Waals surface area contributed by atoms with Gasteiger partial charge in [-0.15, -0.1) is 12.4 Å². The standard InChI is InChI=1S/C11H13FN2O3.ClH/c12-10-1-2-11(14(15)16)9(7-10)8-13-3-5-17-6-4-13;/h1-2,7H,3-6,8H2;1H. The minimum atomic E-state index is -0.477. The van der Waals surface area contributed by atoms with E-state index in [0.717, 1.165) is 6.07 Å². The topological polar surface area (TPSA) is 55.6 Å². The quantitative estimate of drug-likeness (QED) is 0.626. The normalized spacial score (nSPS) is 16.1. The van der Waals surface area contributed by atoms with Gasteiger partial charge in [0.15, 0.2) is 0 Å². The van der Waals surface area contributed by atoms with E-state index in [2.05, 4.69) is 0 Å². The number of ether oxygens (including phenoxy) is 1. The zero-order valence-corrected chi connectivity index (χ0v) is 10.5. The number of nitro groups is 1. The van der Waals surface area contributed by atoms with Crippen molar-refractivity contribution >= 4 is 18.1 Å². The van der Waals surface area contributed by atoms with Crippen molar-refractivity contribution in [3.8, 4) is 0 Å². The molecule has 0 unspecified atom stereocenters. The SMILES string of the molecule is Cl.O=[N+]([O-])c1ccc(F)cc1CN1CCOCC1. The molecule has 18 heavy (non-hydrogen) atoms. The minimum Gasteiger partial charge on any atom is -0.379 e. The van der Waals surface area contributed by atoms with Crippen molar-refractivity contribution in [3.05, 3.63) is 39.7 Å². The molecule has 0 spiro atoms. The van der Waals surface area contributed by atoms with Crippen molar-refractivity contribution in [3.63, 3.8) is 0 Å². The summed E-state index contributed by atoms with van der Waals surface area (Å²) in [4.78, 5) is 12.4. The van der Waals surface area contributed by atoms with Gasteiger partial charge in [-0.05, 0) is 12.1 Å². The number of nitrogens with zero attached hydrogens (tertiary/aromatic N) is 2. The van der Waals surface area contributed by atoms with Crippen molar-refractivity contribution in [1.82, 2.24) is 4.90 Å². The van der Waals surface area contributed by atoms with Gasteiger partial charge < -0.3 is 4.74 Å². The van der Waals surface area contributed by atoms with Crippen molar-refractivity contribution in [1.29, 1.82) is 0 Å². The van der Waals surface area contributed by atoms with E-state index in [9.17, 15) is 14.5 Å². The Kier molecular flexibility index (Phi) is 5.46. The highest BCUT2D eigenvalue weighted by atomic mass is 35.5. The summed E-state index contributed by atoms with van der Waals surface area (Å²) in [6.45, 7) is 3.05. The molecule has 0 atom stereocenters. The van der Waals surface area contributed by atoms with Crippen LogP contribution in [0.4, 0.5) is 10.1 Å². The van der Waals surface area contributed by atoms with E-state index in [0.29, 0.717) is 38.4 Å². The number of nitro benzene ring substituents is 1. The van der Waals surface area contributed by atoms with Gasteiger partial charge >= 0.3 is 0 Å². The van der Waals surface area contributed by atoms with E-state index in [1.807, 2.05) is 4.90 Å². The fourth-order valence-corrected chi connectivity index (χ4v) is 1.86. The summed E-state index contributed by atoms with van der Waals surface area (Å²) in [5.74, 6) is -0.446. The van der Waals surface area contributed by atoms with Crippen LogP contribution in [0, 0.1) is 15.9 Å². The Morgan fingerprint density at radius 2 is 2.06 bits per heavy atom. The molecule has 1 heterocycles. The smallest absolute Gasteiger partial charge is 0.274 e. The molecule has 1 fully saturated rings. The van der Waals surface area contributed by atoms with Crippen LogP contribution in [-0.4, -0.2) is 36.1 Å². The molecule has 1 aliphatic rings. The molecule has 1 aromatic carbocycles. The molecule has 1 aromatic rings. The lowest BCUT2D eigenvalue weighted by molar-refractivity contribution is -0.385. The van der Waals surface area contributed by atoms with Crippen LogP contribution in [0.2, 0.25) is 0 Å². The lowest BCUT2D eigenvalue weighted by atomic mass is 10.1. The molecule has 1 saturated heterocycles. The van der Waals surface area contributed by atoms with Crippen molar-refractivity contribution in [2.45, 2.75) is 6.54 Å². The number of morpholine rings is 1. The number of halogens is 2. The maximum atomic E-state index is 13.1. The fraction of sp³-hybridized carbons (Fsp3) is 0.455. The van der Waals surface area contributed by atoms with Gasteiger partial charge in [-0.3, -0.25) is 15.0 Å². The first-order chi connectivity index (χ1) is 8.16. The number of hydrogen-bond acceptors (Lipinski definition) is 4. The molecular formula is C11H14ClFN2O3. The van der Waals surface area contributed by atoms with E-state index in [-0.39, 0.29) is 18.1 Å². The van der Waals surface area contributed by atoms with Crippen LogP contribution in [0.25, 0.3) is 0 Å². The van der Waals surface area contributed by atoms with Crippen molar-refractivity contribution in [2.24, 2.45) is 0 Å². The molecule has 0 radical (unpaired) electrons. The molecule has 7 heteroatoms. The van der Waals surface area contributed by atoms with E-state index < -0.39 is 10.7 Å². The summed E-state index contributed by atoms with van der Waals surface area (Å²) in [5, 5.41) is 10.8. The molecule has 0 saturated carbocycles. The number of rotatable bonds is 3. The zero-order chi connectivity index (χ0) is 12.3. The monoisotopic (exact) mass is 276 g/mol. The molecule has 2 rings (SSSR count). The van der Waals surface area contributed by atoms with Crippen LogP contribution in [0.15, 0.2) is 18.2 Å². The predicted octanol–water partition coefficient (Wildman–Crippen LogP) is 1.99. The van der Waals surface area contributed by atoms with Crippen molar-refractivity contribution < 1.29 is 14.1 Å². The largest absolute Gasteiger partial charge is 0.379 e. The van der Waals surface area contributed by atoms with Crippen LogP contribution in [0.3, 0.4) is 0 Å². The van der Waals surface area contributed by atoms with Gasteiger partial charge in [0.25, 0.3) is 5.69 Å². The first kappa shape index (κ1) is 14.8. The second kappa shape index (κ2) is 6.63. The first-order valence-electron chi connectivity index (χ1n) is 5.40. The Hall–Kier alpha value is -1.24. The van der Waals surface area contributed by atoms with Crippen LogP contribution >= 0.6 is 12.4 Å². The number of hydrogen-bond donors (Lipinski definition) is 0. The molecule has 0 N–H and O–H groups in total. The van der Waals surface area contributed by atoms with Gasteiger partial charge in [-0.25, -0.2) is 4.39 Å². The first-order valence-corrected chi connectivity index (χ1v) is 5.40. The average molecular weight is 277 g/mol. The Bertz CT molecular complexity index is 425. The van der Waals surface area contributed by atoms with Crippen molar-refractivity contribution in [2.75, 3.05) is 26.3 Å². The second-order valence-electron chi connectivity index (χ2n) is 3.92. The molecule has 1 aliphatic heterocycles. The fourth-order valence-electron chi connectivity index (χ4n) is 1.86. The van der Waals surface area contributed by atoms with Crippen LogP contribution in [0.1, 0.15) is 5.56 Å². The number of benzene rings is 1. The summed E-state index contributed by atoms with van der Waals surface area (Å²) in [7, 11) is 0. The molecule has 100 valence electrons. The van der Waals surface area contributed by atoms with E-state index in [1.165, 1.54) is 12.1 Å². The molecule has 5 nitrogen and oxygen atoms in total. The maximum Gasteiger partial charge on any atom is 0.274 e. The molecule has 0 amide bonds. The Morgan fingerprint density at radius 1 is 1.39 bits per heavy atom. The summed E-state index contributed by atoms with van der Waals surface area (Å²) in [6.07, 6.45) is 0. The van der Waals surface area contributed by atoms with Gasteiger partial charge in [0, 0.05) is 31.3 Å². The van der Waals surface area contributed by atoms with Gasteiger partial charge in [0.05, 0.1) is 18.1 Å². The highest BCUT2D eigenvalue weighted by Crippen LogP contribution is 2.21. The van der Waals surface area contributed by atoms with E-state index in [4.69, 9.17) is 4.74 Å². The highest BCUT2D eigenvalue weighted by Gasteiger charge is 2.18. The molecule has 0 aliphatic carbocycles. The summed E-state index contributed by atoms with van der Waals surface area (Å²) >= 11 is 0. The van der Waals surface area contributed by atoms with Gasteiger partial charge in [-0.2, -0.15) is 0 Å². The third kappa shape index (κ3) is 3.63. The van der Waals surface area contributed by atoms with Crippen LogP contribution < -0.4 is 0 Å². The third-order valence-electron chi connectivity index (χ3n) is 2.74. The maximum absolute atomic E-state index is 13.1. The summed E-state index contributed by atoms with van der Waals surface area (Å²) in [5.41, 5.74) is 0.384. The summed E-state index contributed by atoms with van der Waals surface area (Å²) < 4.78 is 18.3. The Morgan fingerprint density at radius 3 is 2.67 bits per heavy atom. The molecular weight excluding hydrogens is 263 g/mol. The Balaban J connectivity index is 0.00000162. The van der Waals surface area contributed by atoms with Gasteiger partial charge in [0.2, 0.25) is 0 Å². The van der Waals surface area contributed by atoms with Gasteiger partial charge in [-0.1, -0.05) is 0 Å². The van der Waals surface area contributed by atoms with Crippen LogP contribution in [0.5, 0.6) is 0 Å². The average Bonchev–Trinajstić information content (AvgIpc) is 2.30. The predicted molar refractivity (Wildman–Crippen MR) is 66.4 cm³/mol. The van der Waals surface area contributed by atoms with E-state index in [1.54, 1.807) is 0 Å². The van der Waals surface area contributed by atoms with E-state index >= 15 is 0 Å². The third-order valence-corrected chi connectivity index (χ3v) is 2.74. The molecule has 0 aromatic heterocycles. The van der Waals surface area contributed by atoms with Crippen LogP contribution in [-0.2, 0) is 11.3 Å². The Labute approximate surface area is 110 Å². The molecule has 0 bridgehead atoms. The second-order valence-corrected chi connectivity index (χ2v) is 3.92.